The smallest absolute Gasteiger partial charge is 0.180 e. The lowest BCUT2D eigenvalue weighted by molar-refractivity contribution is 0.239. The van der Waals surface area contributed by atoms with Gasteiger partial charge >= 0.3 is 0 Å². The van der Waals surface area contributed by atoms with Crippen molar-refractivity contribution in [1.82, 2.24) is 9.55 Å². The third-order valence-corrected chi connectivity index (χ3v) is 5.22. The molecule has 1 atom stereocenters. The summed E-state index contributed by atoms with van der Waals surface area (Å²) < 4.78 is 27.0. The highest BCUT2D eigenvalue weighted by Gasteiger charge is 2.22. The number of hydrogen-bond donors (Lipinski definition) is 2. The maximum absolute atomic E-state index is 12.3. The van der Waals surface area contributed by atoms with Gasteiger partial charge in [-0.05, 0) is 46.9 Å². The summed E-state index contributed by atoms with van der Waals surface area (Å²) in [5.74, 6) is -0.195. The van der Waals surface area contributed by atoms with Gasteiger partial charge in [-0.3, -0.25) is 0 Å². The number of sulfone groups is 1. The molecule has 0 amide bonds. The minimum absolute atomic E-state index is 0.194. The number of rotatable bonds is 5. The van der Waals surface area contributed by atoms with Crippen LogP contribution in [0.2, 0.25) is 0 Å². The highest BCUT2D eigenvalue weighted by atomic mass is 127. The highest BCUT2D eigenvalue weighted by Crippen LogP contribution is 2.19. The zero-order valence-corrected chi connectivity index (χ0v) is 13.5. The van der Waals surface area contributed by atoms with Crippen molar-refractivity contribution in [1.29, 1.82) is 0 Å². The molecule has 0 saturated heterocycles. The van der Waals surface area contributed by atoms with E-state index in [1.165, 1.54) is 18.5 Å². The number of aliphatic hydroxyl groups is 1. The Morgan fingerprint density at radius 1 is 1.35 bits per heavy atom. The molecule has 0 radical (unpaired) electrons. The van der Waals surface area contributed by atoms with Gasteiger partial charge < -0.3 is 15.4 Å². The lowest BCUT2D eigenvalue weighted by Gasteiger charge is -2.16. The van der Waals surface area contributed by atoms with Crippen molar-refractivity contribution < 1.29 is 13.5 Å². The van der Waals surface area contributed by atoms with E-state index >= 15 is 0 Å². The Kier molecular flexibility index (Phi) is 4.66. The molecule has 0 fully saturated rings. The first-order valence-corrected chi connectivity index (χ1v) is 8.53. The van der Waals surface area contributed by atoms with Crippen molar-refractivity contribution in [2.45, 2.75) is 10.9 Å². The Hall–Kier alpha value is -1.13. The number of halogens is 1. The summed E-state index contributed by atoms with van der Waals surface area (Å²) in [5.41, 5.74) is 6.05. The summed E-state index contributed by atoms with van der Waals surface area (Å²) in [6, 6.07) is 5.46. The van der Waals surface area contributed by atoms with E-state index in [1.54, 1.807) is 22.9 Å². The van der Waals surface area contributed by atoms with E-state index in [2.05, 4.69) is 4.98 Å². The largest absolute Gasteiger partial charge is 0.399 e. The maximum Gasteiger partial charge on any atom is 0.180 e. The number of nitrogens with two attached hydrogens (primary N) is 1. The van der Waals surface area contributed by atoms with Gasteiger partial charge in [0, 0.05) is 11.9 Å². The molecule has 108 valence electrons. The van der Waals surface area contributed by atoms with Crippen molar-refractivity contribution in [3.05, 3.63) is 40.5 Å². The van der Waals surface area contributed by atoms with Crippen molar-refractivity contribution >= 4 is 38.1 Å². The molecule has 1 unspecified atom stereocenters. The van der Waals surface area contributed by atoms with Crippen molar-refractivity contribution in [3.8, 4) is 0 Å². The van der Waals surface area contributed by atoms with Crippen LogP contribution < -0.4 is 5.73 Å². The van der Waals surface area contributed by atoms with E-state index < -0.39 is 15.9 Å². The number of nitrogen functional groups attached to an aromatic ring is 1. The second kappa shape index (κ2) is 6.10. The monoisotopic (exact) mass is 407 g/mol. The van der Waals surface area contributed by atoms with E-state index in [1.807, 2.05) is 22.6 Å². The average Bonchev–Trinajstić information content (AvgIpc) is 2.83. The molecule has 0 saturated carbocycles. The van der Waals surface area contributed by atoms with E-state index in [0.717, 1.165) is 3.70 Å². The summed E-state index contributed by atoms with van der Waals surface area (Å²) in [7, 11) is -3.49. The van der Waals surface area contributed by atoms with Gasteiger partial charge in [0.05, 0.1) is 29.6 Å². The third kappa shape index (κ3) is 3.49. The molecular formula is C12H14IN3O3S. The normalized spacial score (nSPS) is 13.3. The van der Waals surface area contributed by atoms with Gasteiger partial charge in [0.1, 0.15) is 3.70 Å². The van der Waals surface area contributed by atoms with Crippen molar-refractivity contribution in [2.75, 3.05) is 18.1 Å². The molecule has 0 aliphatic carbocycles. The van der Waals surface area contributed by atoms with Crippen LogP contribution in [0.15, 0.2) is 41.7 Å². The number of imidazole rings is 1. The van der Waals surface area contributed by atoms with Gasteiger partial charge in [-0.2, -0.15) is 0 Å². The second-order valence-corrected chi connectivity index (χ2v) is 7.47. The molecule has 6 nitrogen and oxygen atoms in total. The first-order valence-electron chi connectivity index (χ1n) is 5.80. The van der Waals surface area contributed by atoms with Crippen molar-refractivity contribution in [3.63, 3.8) is 0 Å². The quantitative estimate of drug-likeness (QED) is 0.571. The fourth-order valence-electron chi connectivity index (χ4n) is 1.77. The summed E-state index contributed by atoms with van der Waals surface area (Å²) in [6.07, 6.45) is 3.21. The Morgan fingerprint density at radius 3 is 2.50 bits per heavy atom. The average molecular weight is 407 g/mol. The molecule has 3 N–H and O–H groups in total. The molecule has 1 heterocycles. The molecule has 0 bridgehead atoms. The highest BCUT2D eigenvalue weighted by molar-refractivity contribution is 14.1. The van der Waals surface area contributed by atoms with Crippen LogP contribution in [0.5, 0.6) is 0 Å². The summed E-state index contributed by atoms with van der Waals surface area (Å²) in [5, 5.41) is 9.41. The maximum atomic E-state index is 12.3. The number of aliphatic hydroxyl groups excluding tert-OH is 1. The van der Waals surface area contributed by atoms with Crippen LogP contribution >= 0.6 is 22.6 Å². The number of hydrogen-bond acceptors (Lipinski definition) is 5. The summed E-state index contributed by atoms with van der Waals surface area (Å²) in [6.45, 7) is -0.277. The number of aromatic nitrogens is 2. The van der Waals surface area contributed by atoms with Gasteiger partial charge in [-0.1, -0.05) is 0 Å². The molecule has 0 spiro atoms. The Bertz CT molecular complexity index is 682. The van der Waals surface area contributed by atoms with Crippen LogP contribution in [0.25, 0.3) is 0 Å². The van der Waals surface area contributed by atoms with Crippen LogP contribution in [0.4, 0.5) is 5.69 Å². The lowest BCUT2D eigenvalue weighted by atomic mass is 10.3. The van der Waals surface area contributed by atoms with Gasteiger partial charge in [0.2, 0.25) is 0 Å². The van der Waals surface area contributed by atoms with Crippen LogP contribution in [0.3, 0.4) is 0 Å². The fourth-order valence-corrected chi connectivity index (χ4v) is 3.74. The molecule has 2 rings (SSSR count). The third-order valence-electron chi connectivity index (χ3n) is 2.85. The lowest BCUT2D eigenvalue weighted by Crippen LogP contribution is -2.22. The molecule has 2 aromatic rings. The van der Waals surface area contributed by atoms with Gasteiger partial charge in [0.25, 0.3) is 0 Å². The number of benzene rings is 1. The molecule has 20 heavy (non-hydrogen) atoms. The van der Waals surface area contributed by atoms with Crippen LogP contribution in [-0.2, 0) is 9.84 Å². The molecule has 8 heteroatoms. The number of anilines is 1. The van der Waals surface area contributed by atoms with E-state index in [-0.39, 0.29) is 17.3 Å². The van der Waals surface area contributed by atoms with Crippen LogP contribution in [0, 0.1) is 3.70 Å². The second-order valence-electron chi connectivity index (χ2n) is 4.33. The molecule has 0 aliphatic heterocycles. The van der Waals surface area contributed by atoms with E-state index in [4.69, 9.17) is 5.73 Å². The van der Waals surface area contributed by atoms with Crippen LogP contribution in [0.1, 0.15) is 6.04 Å². The molecule has 0 aliphatic rings. The van der Waals surface area contributed by atoms with Crippen molar-refractivity contribution in [2.24, 2.45) is 0 Å². The SMILES string of the molecule is Nc1ccc(S(=O)(=O)CC(CO)n2cnc(I)c2)cc1. The standard InChI is InChI=1S/C12H14IN3O3S/c13-12-5-16(8-15-12)10(6-17)7-20(18,19)11-3-1-9(14)2-4-11/h1-5,8,10,17H,6-7,14H2. The predicted octanol–water partition coefficient (Wildman–Crippen LogP) is 1.08. The molecule has 1 aromatic heterocycles. The molecular weight excluding hydrogens is 393 g/mol. The number of nitrogens with zero attached hydrogens (tertiary/aromatic N) is 2. The Labute approximate surface area is 130 Å². The van der Waals surface area contributed by atoms with Gasteiger partial charge in [-0.25, -0.2) is 13.4 Å². The topological polar surface area (TPSA) is 98.2 Å². The Balaban J connectivity index is 2.24. The summed E-state index contributed by atoms with van der Waals surface area (Å²) in [4.78, 5) is 4.22. The first-order chi connectivity index (χ1) is 9.42. The zero-order valence-electron chi connectivity index (χ0n) is 10.5. The zero-order chi connectivity index (χ0) is 14.8. The van der Waals surface area contributed by atoms with E-state index in [0.29, 0.717) is 5.69 Å². The minimum Gasteiger partial charge on any atom is -0.399 e. The summed E-state index contributed by atoms with van der Waals surface area (Å²) >= 11 is 2.03. The first kappa shape index (κ1) is 15.3. The minimum atomic E-state index is -3.49. The van der Waals surface area contributed by atoms with Gasteiger partial charge in [-0.15, -0.1) is 0 Å². The van der Waals surface area contributed by atoms with Gasteiger partial charge in [0.15, 0.2) is 9.84 Å². The Morgan fingerprint density at radius 2 is 2.00 bits per heavy atom. The fraction of sp³-hybridized carbons (Fsp3) is 0.250. The predicted molar refractivity (Wildman–Crippen MR) is 84.0 cm³/mol. The van der Waals surface area contributed by atoms with Crippen LogP contribution in [-0.4, -0.2) is 35.4 Å². The van der Waals surface area contributed by atoms with E-state index in [9.17, 15) is 13.5 Å². The molecule has 1 aromatic carbocycles.